The van der Waals surface area contributed by atoms with Gasteiger partial charge in [-0.1, -0.05) is 24.3 Å². The number of hydrogen-bond donors (Lipinski definition) is 3. The Balaban J connectivity index is 0.000000195. The van der Waals surface area contributed by atoms with Gasteiger partial charge in [-0.2, -0.15) is 0 Å². The van der Waals surface area contributed by atoms with Crippen LogP contribution < -0.4 is 4.74 Å². The number of hydrogen-bond acceptors (Lipinski definition) is 2. The first-order chi connectivity index (χ1) is 6.97. The monoisotopic (exact) mass is 274 g/mol. The third kappa shape index (κ3) is 5.44. The fourth-order valence-corrected chi connectivity index (χ4v) is 1.06. The van der Waals surface area contributed by atoms with Gasteiger partial charge in [0.2, 0.25) is 0 Å². The zero-order chi connectivity index (χ0) is 11.3. The minimum atomic E-state index is -5.12. The Bertz CT molecular complexity index is 387. The number of fused-ring (bicyclic) bond motifs is 1. The molecule has 0 fully saturated rings. The maximum absolute atomic E-state index is 8.94. The molecule has 0 amide bonds. The van der Waals surface area contributed by atoms with Gasteiger partial charge in [-0.05, 0) is 12.1 Å². The number of benzene rings is 1. The summed E-state index contributed by atoms with van der Waals surface area (Å²) in [7, 11) is 0. The van der Waals surface area contributed by atoms with Gasteiger partial charge in [0.25, 0.3) is 0 Å². The normalized spacial score (nSPS) is 13.3. The van der Waals surface area contributed by atoms with Gasteiger partial charge in [-0.25, -0.2) is 0 Å². The molecule has 0 radical (unpaired) electrons. The van der Waals surface area contributed by atoms with E-state index >= 15 is 0 Å². The Labute approximate surface area is 90.0 Å². The summed E-state index contributed by atoms with van der Waals surface area (Å²) in [6.07, 6.45) is 4.10. The van der Waals surface area contributed by atoms with Crippen molar-refractivity contribution in [1.82, 2.24) is 0 Å². The molecule has 0 aromatic heterocycles. The van der Waals surface area contributed by atoms with E-state index in [2.05, 4.69) is 6.08 Å². The first-order valence-electron chi connectivity index (χ1n) is 4.13. The molecule has 0 spiro atoms. The Morgan fingerprint density at radius 1 is 1.20 bits per heavy atom. The van der Waals surface area contributed by atoms with Gasteiger partial charge in [0, 0.05) is 5.56 Å². The van der Waals surface area contributed by atoms with Crippen LogP contribution in [0.2, 0.25) is 0 Å². The van der Waals surface area contributed by atoms with E-state index in [1.165, 1.54) is 5.56 Å². The molecule has 5 nitrogen and oxygen atoms in total. The molecule has 15 heavy (non-hydrogen) atoms. The van der Waals surface area contributed by atoms with E-state index < -0.39 is 14.5 Å². The van der Waals surface area contributed by atoms with Crippen LogP contribution in [0.25, 0.3) is 6.08 Å². The van der Waals surface area contributed by atoms with Gasteiger partial charge in [0.1, 0.15) is 12.4 Å². The van der Waals surface area contributed by atoms with E-state index in [-0.39, 0.29) is 0 Å². The molecule has 0 saturated heterocycles. The van der Waals surface area contributed by atoms with E-state index in [0.717, 1.165) is 5.75 Å². The molecular formula is C9H11AsO5. The predicted molar refractivity (Wildman–Crippen MR) is 54.1 cm³/mol. The van der Waals surface area contributed by atoms with Crippen LogP contribution in [0.4, 0.5) is 0 Å². The third-order valence-electron chi connectivity index (χ3n) is 1.55. The average molecular weight is 274 g/mol. The van der Waals surface area contributed by atoms with Crippen molar-refractivity contribution in [2.75, 3.05) is 6.61 Å². The van der Waals surface area contributed by atoms with Gasteiger partial charge >= 0.3 is 30.5 Å². The van der Waals surface area contributed by atoms with E-state index in [1.807, 2.05) is 30.3 Å². The Morgan fingerprint density at radius 2 is 1.80 bits per heavy atom. The number of ether oxygens (including phenoxy) is 1. The average Bonchev–Trinajstić information content (AvgIpc) is 2.16. The number of para-hydroxylation sites is 1. The Hall–Kier alpha value is -1.00. The summed E-state index contributed by atoms with van der Waals surface area (Å²) in [6.45, 7) is 0.705. The first-order valence-corrected chi connectivity index (χ1v) is 7.42. The van der Waals surface area contributed by atoms with Gasteiger partial charge in [-0.3, -0.25) is 0 Å². The van der Waals surface area contributed by atoms with Crippen LogP contribution in [-0.2, 0) is 3.74 Å². The summed E-state index contributed by atoms with van der Waals surface area (Å²) in [4.78, 5) is 0. The SMILES string of the molecule is C1=Cc2ccccc2OC1.O=[As](O)(O)O. The zero-order valence-electron chi connectivity index (χ0n) is 7.78. The summed E-state index contributed by atoms with van der Waals surface area (Å²) >= 11 is -5.12. The molecule has 1 heterocycles. The molecule has 0 saturated carbocycles. The van der Waals surface area contributed by atoms with Gasteiger partial charge in [0.15, 0.2) is 0 Å². The summed E-state index contributed by atoms with van der Waals surface area (Å²) in [5, 5.41) is 0. The quantitative estimate of drug-likeness (QED) is 0.576. The maximum atomic E-state index is 8.94. The van der Waals surface area contributed by atoms with Crippen LogP contribution in [0.5, 0.6) is 5.75 Å². The molecule has 6 heteroatoms. The van der Waals surface area contributed by atoms with Gasteiger partial charge in [-0.15, -0.1) is 0 Å². The van der Waals surface area contributed by atoms with Crippen molar-refractivity contribution < 1.29 is 20.8 Å². The molecule has 82 valence electrons. The molecule has 2 rings (SSSR count). The zero-order valence-corrected chi connectivity index (χ0v) is 9.65. The molecule has 0 unspecified atom stereocenters. The van der Waals surface area contributed by atoms with Crippen LogP contribution in [0, 0.1) is 0 Å². The van der Waals surface area contributed by atoms with Crippen LogP contribution in [0.15, 0.2) is 30.3 Å². The molecular weight excluding hydrogens is 263 g/mol. The topological polar surface area (TPSA) is 87.0 Å². The van der Waals surface area contributed by atoms with Crippen LogP contribution in [0.1, 0.15) is 5.56 Å². The molecule has 1 aromatic carbocycles. The van der Waals surface area contributed by atoms with E-state index in [9.17, 15) is 0 Å². The summed E-state index contributed by atoms with van der Waals surface area (Å²) < 4.78 is 36.0. The number of rotatable bonds is 0. The van der Waals surface area contributed by atoms with Crippen LogP contribution in [-0.4, -0.2) is 33.4 Å². The van der Waals surface area contributed by atoms with Crippen molar-refractivity contribution in [2.24, 2.45) is 0 Å². The Morgan fingerprint density at radius 3 is 2.40 bits per heavy atom. The van der Waals surface area contributed by atoms with Crippen molar-refractivity contribution >= 4 is 20.6 Å². The summed E-state index contributed by atoms with van der Waals surface area (Å²) in [5.41, 5.74) is 1.17. The van der Waals surface area contributed by atoms with E-state index in [1.54, 1.807) is 0 Å². The molecule has 0 bridgehead atoms. The van der Waals surface area contributed by atoms with Crippen LogP contribution >= 0.6 is 0 Å². The molecule has 3 N–H and O–H groups in total. The van der Waals surface area contributed by atoms with Gasteiger partial charge in [0.05, 0.1) is 0 Å². The summed E-state index contributed by atoms with van der Waals surface area (Å²) in [5.74, 6) is 0.991. The van der Waals surface area contributed by atoms with Gasteiger partial charge < -0.3 is 4.74 Å². The summed E-state index contributed by atoms with van der Waals surface area (Å²) in [6, 6.07) is 8.03. The molecule has 0 atom stereocenters. The van der Waals surface area contributed by atoms with Crippen molar-refractivity contribution in [3.05, 3.63) is 35.9 Å². The van der Waals surface area contributed by atoms with Crippen LogP contribution in [0.3, 0.4) is 0 Å². The fraction of sp³-hybridized carbons (Fsp3) is 0.111. The second-order valence-corrected chi connectivity index (χ2v) is 4.92. The first kappa shape index (κ1) is 12.1. The molecule has 1 aliphatic heterocycles. The minimum absolute atomic E-state index is 0.705. The van der Waals surface area contributed by atoms with Crippen molar-refractivity contribution in [1.29, 1.82) is 0 Å². The van der Waals surface area contributed by atoms with E-state index in [0.29, 0.717) is 6.61 Å². The van der Waals surface area contributed by atoms with Crippen molar-refractivity contribution in [3.63, 3.8) is 0 Å². The second kappa shape index (κ2) is 5.18. The van der Waals surface area contributed by atoms with E-state index in [4.69, 9.17) is 20.8 Å². The fourth-order valence-electron chi connectivity index (χ4n) is 1.06. The van der Waals surface area contributed by atoms with Crippen molar-refractivity contribution in [3.8, 4) is 5.75 Å². The molecule has 1 aromatic rings. The predicted octanol–water partition coefficient (Wildman–Crippen LogP) is -0.0784. The Kier molecular flexibility index (Phi) is 4.17. The molecule has 0 aliphatic carbocycles. The van der Waals surface area contributed by atoms with Crippen molar-refractivity contribution in [2.45, 2.75) is 0 Å². The standard InChI is InChI=1S/C9H8O.AsH3O4/c1-2-6-9-8(4-1)5-3-7-10-9;2-1(3,4)5/h1-6H,7H2;(H3,2,3,4,5). The third-order valence-corrected chi connectivity index (χ3v) is 1.55. The molecule has 1 aliphatic rings. The second-order valence-electron chi connectivity index (χ2n) is 2.76.